The summed E-state index contributed by atoms with van der Waals surface area (Å²) in [7, 11) is -3.12. The summed E-state index contributed by atoms with van der Waals surface area (Å²) in [5.74, 6) is 0.163. The van der Waals surface area contributed by atoms with E-state index in [0.29, 0.717) is 17.9 Å². The molecule has 2 N–H and O–H groups in total. The molecule has 1 aromatic carbocycles. The summed E-state index contributed by atoms with van der Waals surface area (Å²) in [5.41, 5.74) is 6.53. The lowest BCUT2D eigenvalue weighted by Crippen LogP contribution is -2.13. The summed E-state index contributed by atoms with van der Waals surface area (Å²) in [6.07, 6.45) is 0.715. The van der Waals surface area contributed by atoms with Crippen molar-refractivity contribution in [2.24, 2.45) is 11.7 Å². The Morgan fingerprint density at radius 3 is 2.40 bits per heavy atom. The van der Waals surface area contributed by atoms with Gasteiger partial charge in [-0.2, -0.15) is 0 Å². The number of rotatable bonds is 3. The van der Waals surface area contributed by atoms with Gasteiger partial charge in [-0.25, -0.2) is 8.42 Å². The van der Waals surface area contributed by atoms with Gasteiger partial charge in [-0.1, -0.05) is 17.7 Å². The van der Waals surface area contributed by atoms with Gasteiger partial charge in [-0.3, -0.25) is 0 Å². The van der Waals surface area contributed by atoms with Gasteiger partial charge in [0.05, 0.1) is 10.1 Å². The van der Waals surface area contributed by atoms with E-state index in [4.69, 9.17) is 5.73 Å². The van der Waals surface area contributed by atoms with Gasteiger partial charge >= 0.3 is 0 Å². The molecule has 2 atom stereocenters. The van der Waals surface area contributed by atoms with Crippen LogP contribution in [0.15, 0.2) is 29.2 Å². The number of benzene rings is 1. The van der Waals surface area contributed by atoms with E-state index in [-0.39, 0.29) is 11.2 Å². The number of hydrogen-bond donors (Lipinski definition) is 1. The second-order valence-corrected chi connectivity index (χ2v) is 6.29. The van der Waals surface area contributed by atoms with Crippen molar-refractivity contribution in [3.8, 4) is 0 Å². The summed E-state index contributed by atoms with van der Waals surface area (Å²) >= 11 is 0. The molecule has 1 aliphatic carbocycles. The maximum atomic E-state index is 12.0. The fourth-order valence-electron chi connectivity index (χ4n) is 1.75. The second-order valence-electron chi connectivity index (χ2n) is 4.13. The van der Waals surface area contributed by atoms with Crippen LogP contribution in [0.1, 0.15) is 12.0 Å². The lowest BCUT2D eigenvalue weighted by molar-refractivity contribution is 0.592. The third kappa shape index (κ3) is 1.92. The summed E-state index contributed by atoms with van der Waals surface area (Å²) in [5, 5.41) is -0.245. The Morgan fingerprint density at radius 2 is 1.93 bits per heavy atom. The van der Waals surface area contributed by atoms with Crippen molar-refractivity contribution in [2.75, 3.05) is 6.54 Å². The maximum Gasteiger partial charge on any atom is 0.181 e. The van der Waals surface area contributed by atoms with Gasteiger partial charge in [-0.15, -0.1) is 0 Å². The SMILES string of the molecule is Cc1ccc(S(=O)(=O)[C@H]2C[C@H]2CN)cc1. The van der Waals surface area contributed by atoms with Gasteiger partial charge in [0.1, 0.15) is 0 Å². The van der Waals surface area contributed by atoms with Crippen LogP contribution >= 0.6 is 0 Å². The third-order valence-corrected chi connectivity index (χ3v) is 5.21. The fourth-order valence-corrected chi connectivity index (χ4v) is 3.73. The maximum absolute atomic E-state index is 12.0. The molecule has 4 heteroatoms. The normalized spacial score (nSPS) is 25.2. The molecular weight excluding hydrogens is 210 g/mol. The topological polar surface area (TPSA) is 60.2 Å². The lowest BCUT2D eigenvalue weighted by Gasteiger charge is -2.03. The van der Waals surface area contributed by atoms with Crippen molar-refractivity contribution >= 4 is 9.84 Å². The molecule has 0 unspecified atom stereocenters. The number of aryl methyl sites for hydroxylation is 1. The van der Waals surface area contributed by atoms with Crippen molar-refractivity contribution in [1.82, 2.24) is 0 Å². The van der Waals surface area contributed by atoms with Gasteiger partial charge in [-0.05, 0) is 37.9 Å². The van der Waals surface area contributed by atoms with E-state index in [2.05, 4.69) is 0 Å². The Morgan fingerprint density at radius 1 is 1.33 bits per heavy atom. The lowest BCUT2D eigenvalue weighted by atomic mass is 10.2. The molecule has 1 aliphatic rings. The highest BCUT2D eigenvalue weighted by Gasteiger charge is 2.46. The average Bonchev–Trinajstić information content (AvgIpc) is 2.98. The molecule has 1 aromatic rings. The number of hydrogen-bond acceptors (Lipinski definition) is 3. The quantitative estimate of drug-likeness (QED) is 0.838. The predicted molar refractivity (Wildman–Crippen MR) is 59.3 cm³/mol. The zero-order chi connectivity index (χ0) is 11.1. The highest BCUT2D eigenvalue weighted by atomic mass is 32.2. The van der Waals surface area contributed by atoms with Crippen LogP contribution < -0.4 is 5.73 Å². The highest BCUT2D eigenvalue weighted by Crippen LogP contribution is 2.39. The number of sulfone groups is 1. The van der Waals surface area contributed by atoms with E-state index >= 15 is 0 Å². The summed E-state index contributed by atoms with van der Waals surface area (Å²) in [6, 6.07) is 7.01. The minimum absolute atomic E-state index is 0.163. The predicted octanol–water partition coefficient (Wildman–Crippen LogP) is 1.12. The van der Waals surface area contributed by atoms with Crippen LogP contribution in [0.2, 0.25) is 0 Å². The molecule has 3 nitrogen and oxygen atoms in total. The van der Waals surface area contributed by atoms with Crippen LogP contribution in [0.5, 0.6) is 0 Å². The summed E-state index contributed by atoms with van der Waals surface area (Å²) < 4.78 is 24.0. The van der Waals surface area contributed by atoms with E-state index in [9.17, 15) is 8.42 Å². The molecule has 1 fully saturated rings. The Hall–Kier alpha value is -0.870. The smallest absolute Gasteiger partial charge is 0.181 e. The first-order chi connectivity index (χ1) is 7.05. The van der Waals surface area contributed by atoms with Crippen molar-refractivity contribution in [1.29, 1.82) is 0 Å². The number of nitrogens with two attached hydrogens (primary N) is 1. The average molecular weight is 225 g/mol. The minimum atomic E-state index is -3.12. The zero-order valence-corrected chi connectivity index (χ0v) is 9.50. The van der Waals surface area contributed by atoms with Crippen LogP contribution in [0, 0.1) is 12.8 Å². The van der Waals surface area contributed by atoms with Crippen molar-refractivity contribution in [3.63, 3.8) is 0 Å². The van der Waals surface area contributed by atoms with Crippen LogP contribution in [0.25, 0.3) is 0 Å². The van der Waals surface area contributed by atoms with Crippen LogP contribution in [0.3, 0.4) is 0 Å². The van der Waals surface area contributed by atoms with Gasteiger partial charge in [0.15, 0.2) is 9.84 Å². The van der Waals surface area contributed by atoms with Crippen LogP contribution in [0.4, 0.5) is 0 Å². The largest absolute Gasteiger partial charge is 0.330 e. The molecule has 0 amide bonds. The van der Waals surface area contributed by atoms with Gasteiger partial charge in [0.2, 0.25) is 0 Å². The first-order valence-electron chi connectivity index (χ1n) is 5.06. The van der Waals surface area contributed by atoms with Crippen LogP contribution in [-0.2, 0) is 9.84 Å². The van der Waals surface area contributed by atoms with E-state index in [1.165, 1.54) is 0 Å². The Kier molecular flexibility index (Phi) is 2.56. The first-order valence-corrected chi connectivity index (χ1v) is 6.61. The van der Waals surface area contributed by atoms with Gasteiger partial charge in [0.25, 0.3) is 0 Å². The molecule has 0 saturated heterocycles. The van der Waals surface area contributed by atoms with Crippen molar-refractivity contribution < 1.29 is 8.42 Å². The highest BCUT2D eigenvalue weighted by molar-refractivity contribution is 7.92. The van der Waals surface area contributed by atoms with E-state index in [0.717, 1.165) is 5.56 Å². The Bertz CT molecular complexity index is 450. The molecule has 0 bridgehead atoms. The third-order valence-electron chi connectivity index (χ3n) is 2.91. The van der Waals surface area contributed by atoms with E-state index in [1.54, 1.807) is 12.1 Å². The molecule has 82 valence electrons. The van der Waals surface area contributed by atoms with E-state index in [1.807, 2.05) is 19.1 Å². The molecule has 1 saturated carbocycles. The molecule has 0 aromatic heterocycles. The molecule has 0 heterocycles. The molecular formula is C11H15NO2S. The van der Waals surface area contributed by atoms with E-state index < -0.39 is 9.84 Å². The summed E-state index contributed by atoms with van der Waals surface area (Å²) in [6.45, 7) is 2.41. The Labute approximate surface area is 90.2 Å². The molecule has 0 radical (unpaired) electrons. The van der Waals surface area contributed by atoms with Crippen LogP contribution in [-0.4, -0.2) is 20.2 Å². The molecule has 2 rings (SSSR count). The summed E-state index contributed by atoms with van der Waals surface area (Å²) in [4.78, 5) is 0.425. The standard InChI is InChI=1S/C11H15NO2S/c1-8-2-4-10(5-3-8)15(13,14)11-6-9(11)7-12/h2-5,9,11H,6-7,12H2,1H3/t9-,11-/m0/s1. The minimum Gasteiger partial charge on any atom is -0.330 e. The van der Waals surface area contributed by atoms with Gasteiger partial charge in [0, 0.05) is 0 Å². The molecule has 0 aliphatic heterocycles. The van der Waals surface area contributed by atoms with Gasteiger partial charge < -0.3 is 5.73 Å². The zero-order valence-electron chi connectivity index (χ0n) is 8.68. The first kappa shape index (κ1) is 10.6. The molecule has 15 heavy (non-hydrogen) atoms. The second kappa shape index (κ2) is 3.61. The Balaban J connectivity index is 2.27. The van der Waals surface area contributed by atoms with Crippen molar-refractivity contribution in [2.45, 2.75) is 23.5 Å². The van der Waals surface area contributed by atoms with Crippen molar-refractivity contribution in [3.05, 3.63) is 29.8 Å². The molecule has 0 spiro atoms. The fraction of sp³-hybridized carbons (Fsp3) is 0.455. The monoisotopic (exact) mass is 225 g/mol.